The first-order valence-electron chi connectivity index (χ1n) is 9.88. The van der Waals surface area contributed by atoms with Gasteiger partial charge < -0.3 is 15.0 Å². The number of rotatable bonds is 9. The third-order valence-corrected chi connectivity index (χ3v) is 5.32. The molecule has 1 aromatic rings. The minimum absolute atomic E-state index is 0.00796. The van der Waals surface area contributed by atoms with Crippen molar-refractivity contribution in [2.75, 3.05) is 53.0 Å². The number of carbonyl (C=O) groups excluding carboxylic acids is 2. The molecule has 1 saturated heterocycles. The van der Waals surface area contributed by atoms with Gasteiger partial charge in [0.25, 0.3) is 0 Å². The Morgan fingerprint density at radius 3 is 2.41 bits per heavy atom. The van der Waals surface area contributed by atoms with Gasteiger partial charge in [-0.15, -0.1) is 0 Å². The van der Waals surface area contributed by atoms with Crippen LogP contribution in [0.4, 0.5) is 0 Å². The topological polar surface area (TPSA) is 61.9 Å². The van der Waals surface area contributed by atoms with Crippen LogP contribution >= 0.6 is 0 Å². The number of ether oxygens (including phenoxy) is 1. The van der Waals surface area contributed by atoms with E-state index >= 15 is 0 Å². The lowest BCUT2D eigenvalue weighted by molar-refractivity contribution is -0.136. The first-order chi connectivity index (χ1) is 13.1. The van der Waals surface area contributed by atoms with Gasteiger partial charge in [-0.25, -0.2) is 0 Å². The lowest BCUT2D eigenvalue weighted by atomic mass is 9.84. The fourth-order valence-corrected chi connectivity index (χ4v) is 3.49. The summed E-state index contributed by atoms with van der Waals surface area (Å²) in [6.45, 7) is 8.50. The van der Waals surface area contributed by atoms with Gasteiger partial charge in [-0.3, -0.25) is 14.5 Å². The Morgan fingerprint density at radius 2 is 1.81 bits per heavy atom. The van der Waals surface area contributed by atoms with Crippen molar-refractivity contribution < 1.29 is 14.3 Å². The third kappa shape index (κ3) is 6.33. The molecule has 0 aromatic heterocycles. The largest absolute Gasteiger partial charge is 0.383 e. The summed E-state index contributed by atoms with van der Waals surface area (Å²) in [6.07, 6.45) is 0.965. The van der Waals surface area contributed by atoms with Crippen LogP contribution in [-0.4, -0.2) is 74.6 Å². The van der Waals surface area contributed by atoms with Gasteiger partial charge in [-0.2, -0.15) is 0 Å². The monoisotopic (exact) mass is 375 g/mol. The number of piperazine rings is 1. The molecule has 2 rings (SSSR count). The van der Waals surface area contributed by atoms with Gasteiger partial charge >= 0.3 is 0 Å². The van der Waals surface area contributed by atoms with Crippen LogP contribution in [0.2, 0.25) is 0 Å². The van der Waals surface area contributed by atoms with Crippen molar-refractivity contribution in [3.05, 3.63) is 35.9 Å². The molecule has 27 heavy (non-hydrogen) atoms. The molecule has 6 heteroatoms. The molecule has 0 spiro atoms. The molecule has 0 aliphatic carbocycles. The number of nitrogens with one attached hydrogen (secondary N) is 1. The Bertz CT molecular complexity index is 586. The lowest BCUT2D eigenvalue weighted by Gasteiger charge is -2.37. The SMILES string of the molecule is CCC(C)C(C(=O)N1CCN(CC(=O)NCCOC)CC1)c1ccccc1. The van der Waals surface area contributed by atoms with Gasteiger partial charge in [0.05, 0.1) is 19.1 Å². The van der Waals surface area contributed by atoms with E-state index in [-0.39, 0.29) is 17.7 Å². The second kappa shape index (κ2) is 11.0. The molecule has 1 heterocycles. The van der Waals surface area contributed by atoms with Crippen molar-refractivity contribution in [2.45, 2.75) is 26.2 Å². The van der Waals surface area contributed by atoms with Crippen LogP contribution < -0.4 is 5.32 Å². The molecular formula is C21H33N3O3. The van der Waals surface area contributed by atoms with Crippen molar-refractivity contribution in [1.82, 2.24) is 15.1 Å². The maximum atomic E-state index is 13.2. The Morgan fingerprint density at radius 1 is 1.15 bits per heavy atom. The summed E-state index contributed by atoms with van der Waals surface area (Å²) in [5, 5.41) is 2.84. The number of methoxy groups -OCH3 is 1. The highest BCUT2D eigenvalue weighted by molar-refractivity contribution is 5.84. The van der Waals surface area contributed by atoms with Gasteiger partial charge in [-0.05, 0) is 11.5 Å². The number of carbonyl (C=O) groups is 2. The lowest BCUT2D eigenvalue weighted by Crippen LogP contribution is -2.52. The van der Waals surface area contributed by atoms with Gasteiger partial charge in [-0.1, -0.05) is 50.6 Å². The fraction of sp³-hybridized carbons (Fsp3) is 0.619. The summed E-state index contributed by atoms with van der Waals surface area (Å²) in [5.74, 6) is 0.415. The zero-order valence-electron chi connectivity index (χ0n) is 16.8. The van der Waals surface area contributed by atoms with Crippen LogP contribution in [0.15, 0.2) is 30.3 Å². The van der Waals surface area contributed by atoms with Gasteiger partial charge in [0, 0.05) is 39.8 Å². The molecule has 1 aliphatic rings. The molecule has 2 amide bonds. The Kier molecular flexibility index (Phi) is 8.75. The molecule has 1 aliphatic heterocycles. The molecule has 2 atom stereocenters. The Balaban J connectivity index is 1.89. The number of benzene rings is 1. The number of hydrogen-bond acceptors (Lipinski definition) is 4. The number of nitrogens with zero attached hydrogens (tertiary/aromatic N) is 2. The van der Waals surface area contributed by atoms with Crippen LogP contribution in [0.3, 0.4) is 0 Å². The second-order valence-corrected chi connectivity index (χ2v) is 7.22. The predicted octanol–water partition coefficient (Wildman–Crippen LogP) is 1.72. The average Bonchev–Trinajstić information content (AvgIpc) is 2.69. The summed E-state index contributed by atoms with van der Waals surface area (Å²) in [4.78, 5) is 29.2. The minimum Gasteiger partial charge on any atom is -0.383 e. The van der Waals surface area contributed by atoms with E-state index in [0.717, 1.165) is 25.1 Å². The smallest absolute Gasteiger partial charge is 0.234 e. The third-order valence-electron chi connectivity index (χ3n) is 5.32. The van der Waals surface area contributed by atoms with E-state index in [2.05, 4.69) is 36.2 Å². The van der Waals surface area contributed by atoms with Crippen molar-refractivity contribution >= 4 is 11.8 Å². The van der Waals surface area contributed by atoms with E-state index in [1.165, 1.54) is 0 Å². The van der Waals surface area contributed by atoms with Crippen molar-refractivity contribution in [3.63, 3.8) is 0 Å². The van der Waals surface area contributed by atoms with E-state index in [0.29, 0.717) is 38.7 Å². The predicted molar refractivity (Wildman–Crippen MR) is 107 cm³/mol. The van der Waals surface area contributed by atoms with Crippen molar-refractivity contribution in [3.8, 4) is 0 Å². The van der Waals surface area contributed by atoms with E-state index in [9.17, 15) is 9.59 Å². The molecule has 150 valence electrons. The van der Waals surface area contributed by atoms with Gasteiger partial charge in [0.15, 0.2) is 0 Å². The maximum Gasteiger partial charge on any atom is 0.234 e. The summed E-state index contributed by atoms with van der Waals surface area (Å²) >= 11 is 0. The first-order valence-corrected chi connectivity index (χ1v) is 9.88. The quantitative estimate of drug-likeness (QED) is 0.668. The van der Waals surface area contributed by atoms with Crippen molar-refractivity contribution in [2.24, 2.45) is 5.92 Å². The Labute approximate surface area is 162 Å². The molecule has 1 fully saturated rings. The van der Waals surface area contributed by atoms with Crippen LogP contribution in [0.5, 0.6) is 0 Å². The first kappa shape index (κ1) is 21.4. The van der Waals surface area contributed by atoms with Gasteiger partial charge in [0.2, 0.25) is 11.8 Å². The second-order valence-electron chi connectivity index (χ2n) is 7.22. The number of hydrogen-bond donors (Lipinski definition) is 1. The molecule has 2 unspecified atom stereocenters. The van der Waals surface area contributed by atoms with Crippen molar-refractivity contribution in [1.29, 1.82) is 0 Å². The molecule has 1 N–H and O–H groups in total. The normalized spacial score (nSPS) is 17.4. The fourth-order valence-electron chi connectivity index (χ4n) is 3.49. The highest BCUT2D eigenvalue weighted by Gasteiger charge is 2.31. The van der Waals surface area contributed by atoms with Crippen LogP contribution in [-0.2, 0) is 14.3 Å². The summed E-state index contributed by atoms with van der Waals surface area (Å²) in [7, 11) is 1.62. The summed E-state index contributed by atoms with van der Waals surface area (Å²) < 4.78 is 4.94. The zero-order valence-corrected chi connectivity index (χ0v) is 16.8. The summed E-state index contributed by atoms with van der Waals surface area (Å²) in [6, 6.07) is 10.1. The molecular weight excluding hydrogens is 342 g/mol. The number of amides is 2. The average molecular weight is 376 g/mol. The molecule has 0 saturated carbocycles. The van der Waals surface area contributed by atoms with E-state index < -0.39 is 0 Å². The highest BCUT2D eigenvalue weighted by Crippen LogP contribution is 2.29. The Hall–Kier alpha value is -1.92. The molecule has 6 nitrogen and oxygen atoms in total. The highest BCUT2D eigenvalue weighted by atomic mass is 16.5. The van der Waals surface area contributed by atoms with Crippen LogP contribution in [0.25, 0.3) is 0 Å². The van der Waals surface area contributed by atoms with Crippen LogP contribution in [0.1, 0.15) is 31.7 Å². The molecule has 0 bridgehead atoms. The van der Waals surface area contributed by atoms with E-state index in [1.54, 1.807) is 7.11 Å². The van der Waals surface area contributed by atoms with E-state index in [4.69, 9.17) is 4.74 Å². The molecule has 0 radical (unpaired) electrons. The maximum absolute atomic E-state index is 13.2. The van der Waals surface area contributed by atoms with Gasteiger partial charge in [0.1, 0.15) is 0 Å². The molecule has 1 aromatic carbocycles. The minimum atomic E-state index is -0.0971. The van der Waals surface area contributed by atoms with E-state index in [1.807, 2.05) is 23.1 Å². The van der Waals surface area contributed by atoms with Crippen LogP contribution in [0, 0.1) is 5.92 Å². The summed E-state index contributed by atoms with van der Waals surface area (Å²) in [5.41, 5.74) is 1.09. The standard InChI is InChI=1S/C21H33N3O3/c1-4-17(2)20(18-8-6-5-7-9-18)21(26)24-13-11-23(12-14-24)16-19(25)22-10-15-27-3/h5-9,17,20H,4,10-16H2,1-3H3,(H,22,25). The zero-order chi connectivity index (χ0) is 19.6.